The number of carbonyl (C=O) groups excluding carboxylic acids is 2. The van der Waals surface area contributed by atoms with Crippen LogP contribution in [-0.4, -0.2) is 53.9 Å². The van der Waals surface area contributed by atoms with Crippen molar-refractivity contribution in [3.05, 3.63) is 83.6 Å². The normalized spacial score (nSPS) is 11.2. The maximum Gasteiger partial charge on any atom is 0.417 e. The molecule has 1 aromatic carbocycles. The van der Waals surface area contributed by atoms with Crippen molar-refractivity contribution < 1.29 is 32.2 Å². The van der Waals surface area contributed by atoms with Crippen LogP contribution in [0.5, 0.6) is 0 Å². The highest BCUT2D eigenvalue weighted by Crippen LogP contribution is 2.36. The topological polar surface area (TPSA) is 113 Å². The summed E-state index contributed by atoms with van der Waals surface area (Å²) in [6.45, 7) is 3.85. The molecule has 14 heteroatoms. The summed E-state index contributed by atoms with van der Waals surface area (Å²) in [4.78, 5) is 39.4. The highest BCUT2D eigenvalue weighted by molar-refractivity contribution is 6.29. The molecule has 0 aliphatic heterocycles. The van der Waals surface area contributed by atoms with Gasteiger partial charge in [0.15, 0.2) is 22.7 Å². The molecule has 0 fully saturated rings. The smallest absolute Gasteiger partial charge is 0.417 e. The van der Waals surface area contributed by atoms with Crippen LogP contribution in [0.3, 0.4) is 0 Å². The maximum absolute atomic E-state index is 13.2. The van der Waals surface area contributed by atoms with E-state index in [4.69, 9.17) is 21.1 Å². The monoisotopic (exact) mass is 560 g/mol. The number of imidazole rings is 2. The first-order valence-electron chi connectivity index (χ1n) is 11.5. The summed E-state index contributed by atoms with van der Waals surface area (Å²) in [7, 11) is 0. The van der Waals surface area contributed by atoms with Gasteiger partial charge in [-0.1, -0.05) is 29.8 Å². The third-order valence-corrected chi connectivity index (χ3v) is 5.40. The van der Waals surface area contributed by atoms with Gasteiger partial charge in [0, 0.05) is 18.0 Å². The van der Waals surface area contributed by atoms with Crippen LogP contribution in [0.15, 0.2) is 61.4 Å². The molecular weight excluding hydrogens is 541 g/mol. The molecule has 0 saturated carbocycles. The largest absolute Gasteiger partial charge is 0.461 e. The predicted octanol–water partition coefficient (Wildman–Crippen LogP) is 5.15. The van der Waals surface area contributed by atoms with Crippen molar-refractivity contribution in [2.45, 2.75) is 20.0 Å². The van der Waals surface area contributed by atoms with E-state index in [0.29, 0.717) is 17.4 Å². The summed E-state index contributed by atoms with van der Waals surface area (Å²) < 4.78 is 52.3. The number of rotatable bonds is 5. The molecule has 0 N–H and O–H groups in total. The predicted molar refractivity (Wildman–Crippen MR) is 133 cm³/mol. The highest BCUT2D eigenvalue weighted by Gasteiger charge is 2.33. The molecule has 0 atom stereocenters. The molecular formula is C25H20ClF3N6O4. The first-order valence-corrected chi connectivity index (χ1v) is 11.9. The number of hydrogen-bond donors (Lipinski definition) is 0. The Hall–Kier alpha value is -4.52. The number of carbonyl (C=O) groups is 2. The van der Waals surface area contributed by atoms with E-state index in [0.717, 1.165) is 6.07 Å². The van der Waals surface area contributed by atoms with Gasteiger partial charge < -0.3 is 9.47 Å². The number of fused-ring (bicyclic) bond motifs is 2. The fourth-order valence-electron chi connectivity index (χ4n) is 3.52. The Morgan fingerprint density at radius 2 is 1.38 bits per heavy atom. The van der Waals surface area contributed by atoms with E-state index in [9.17, 15) is 22.8 Å². The van der Waals surface area contributed by atoms with E-state index in [1.165, 1.54) is 47.5 Å². The Bertz CT molecular complexity index is 1650. The lowest BCUT2D eigenvalue weighted by molar-refractivity contribution is -0.137. The van der Waals surface area contributed by atoms with E-state index in [1.54, 1.807) is 30.5 Å². The van der Waals surface area contributed by atoms with Crippen LogP contribution in [0.4, 0.5) is 13.2 Å². The van der Waals surface area contributed by atoms with Gasteiger partial charge in [-0.15, -0.1) is 0 Å². The zero-order valence-electron chi connectivity index (χ0n) is 20.5. The van der Waals surface area contributed by atoms with Crippen molar-refractivity contribution in [2.75, 3.05) is 13.2 Å². The lowest BCUT2D eigenvalue weighted by Gasteiger charge is -2.12. The van der Waals surface area contributed by atoms with Gasteiger partial charge in [-0.25, -0.2) is 29.5 Å². The van der Waals surface area contributed by atoms with Gasteiger partial charge in [0.05, 0.1) is 24.5 Å². The van der Waals surface area contributed by atoms with E-state index < -0.39 is 23.7 Å². The van der Waals surface area contributed by atoms with E-state index in [1.807, 2.05) is 0 Å². The molecule has 5 aromatic rings. The summed E-state index contributed by atoms with van der Waals surface area (Å²) in [5.74, 6) is -1.16. The van der Waals surface area contributed by atoms with Gasteiger partial charge in [-0.2, -0.15) is 13.2 Å². The third kappa shape index (κ3) is 5.98. The average Bonchev–Trinajstić information content (AvgIpc) is 3.52. The van der Waals surface area contributed by atoms with Gasteiger partial charge >= 0.3 is 18.1 Å². The van der Waals surface area contributed by atoms with Crippen molar-refractivity contribution in [1.29, 1.82) is 0 Å². The Morgan fingerprint density at radius 1 is 0.846 bits per heavy atom. The SMILES string of the molecule is CCOC(=O)c1ncn2ccc(-c3ccccc3C(F)(F)F)nc12.CCOC(=O)c1ncn2ccc(Cl)nc12. The van der Waals surface area contributed by atoms with Crippen LogP contribution in [0, 0.1) is 0 Å². The van der Waals surface area contributed by atoms with Crippen molar-refractivity contribution in [2.24, 2.45) is 0 Å². The fourth-order valence-corrected chi connectivity index (χ4v) is 3.66. The second kappa shape index (κ2) is 11.5. The lowest BCUT2D eigenvalue weighted by atomic mass is 10.0. The molecule has 4 aromatic heterocycles. The van der Waals surface area contributed by atoms with Crippen LogP contribution in [0.1, 0.15) is 40.4 Å². The Balaban J connectivity index is 0.000000202. The quantitative estimate of drug-likeness (QED) is 0.214. The Kier molecular flexibility index (Phi) is 8.10. The molecule has 202 valence electrons. The van der Waals surface area contributed by atoms with E-state index in [-0.39, 0.29) is 34.9 Å². The minimum absolute atomic E-state index is 0.0387. The minimum atomic E-state index is -4.51. The summed E-state index contributed by atoms with van der Waals surface area (Å²) in [5.41, 5.74) is -0.0737. The number of hydrogen-bond acceptors (Lipinski definition) is 8. The fraction of sp³-hybridized carbons (Fsp3) is 0.200. The molecule has 4 heterocycles. The van der Waals surface area contributed by atoms with Gasteiger partial charge in [0.2, 0.25) is 0 Å². The van der Waals surface area contributed by atoms with Crippen LogP contribution >= 0.6 is 11.6 Å². The summed E-state index contributed by atoms with van der Waals surface area (Å²) in [5, 5.41) is 0.313. The summed E-state index contributed by atoms with van der Waals surface area (Å²) in [6, 6.07) is 8.19. The van der Waals surface area contributed by atoms with Gasteiger partial charge in [-0.3, -0.25) is 8.80 Å². The van der Waals surface area contributed by atoms with Gasteiger partial charge in [0.25, 0.3) is 0 Å². The van der Waals surface area contributed by atoms with E-state index >= 15 is 0 Å². The maximum atomic E-state index is 13.2. The van der Waals surface area contributed by atoms with Gasteiger partial charge in [0.1, 0.15) is 17.8 Å². The highest BCUT2D eigenvalue weighted by atomic mass is 35.5. The number of esters is 2. The molecule has 0 saturated heterocycles. The first kappa shape index (κ1) is 27.5. The van der Waals surface area contributed by atoms with Crippen molar-refractivity contribution in [3.8, 4) is 11.3 Å². The van der Waals surface area contributed by atoms with Crippen LogP contribution in [0.2, 0.25) is 5.15 Å². The Labute approximate surface area is 224 Å². The molecule has 0 unspecified atom stereocenters. The molecule has 0 aliphatic carbocycles. The second-order valence-electron chi connectivity index (χ2n) is 7.70. The number of alkyl halides is 3. The number of halogens is 4. The molecule has 0 radical (unpaired) electrons. The zero-order valence-corrected chi connectivity index (χ0v) is 21.3. The van der Waals surface area contributed by atoms with Crippen molar-refractivity contribution >= 4 is 34.8 Å². The molecule has 0 bridgehead atoms. The van der Waals surface area contributed by atoms with E-state index in [2.05, 4.69) is 19.9 Å². The molecule has 39 heavy (non-hydrogen) atoms. The average molecular weight is 561 g/mol. The number of benzene rings is 1. The van der Waals surface area contributed by atoms with Crippen LogP contribution in [-0.2, 0) is 15.7 Å². The van der Waals surface area contributed by atoms with Crippen molar-refractivity contribution in [1.82, 2.24) is 28.7 Å². The molecule has 0 spiro atoms. The summed E-state index contributed by atoms with van der Waals surface area (Å²) in [6.07, 6.45) is 1.52. The Morgan fingerprint density at radius 3 is 1.95 bits per heavy atom. The number of nitrogens with zero attached hydrogens (tertiary/aromatic N) is 6. The first-order chi connectivity index (χ1) is 18.6. The molecule has 5 rings (SSSR count). The number of aromatic nitrogens is 6. The second-order valence-corrected chi connectivity index (χ2v) is 8.08. The van der Waals surface area contributed by atoms with Crippen molar-refractivity contribution in [3.63, 3.8) is 0 Å². The third-order valence-electron chi connectivity index (χ3n) is 5.19. The van der Waals surface area contributed by atoms with Gasteiger partial charge in [-0.05, 0) is 32.0 Å². The molecule has 0 amide bonds. The summed E-state index contributed by atoms with van der Waals surface area (Å²) >= 11 is 5.72. The number of ether oxygens (including phenoxy) is 2. The molecule has 0 aliphatic rings. The zero-order chi connectivity index (χ0) is 28.2. The van der Waals surface area contributed by atoms with Crippen LogP contribution < -0.4 is 0 Å². The molecule has 10 nitrogen and oxygen atoms in total. The standard InChI is InChI=1S/C16H12F3N3O2.C9H8ClN3O2/c1-2-24-15(23)13-14-21-12(7-8-22(14)9-20-13)10-5-3-4-6-11(10)16(17,18)19;1-2-15-9(14)7-8-12-6(10)3-4-13(8)5-11-7/h3-9H,2H2,1H3;3-5H,2H2,1H3. The van der Waals surface area contributed by atoms with Crippen LogP contribution in [0.25, 0.3) is 22.6 Å². The lowest BCUT2D eigenvalue weighted by Crippen LogP contribution is -2.08. The minimum Gasteiger partial charge on any atom is -0.461 e.